The summed E-state index contributed by atoms with van der Waals surface area (Å²) in [7, 11) is -3.59. The van der Waals surface area contributed by atoms with Crippen molar-refractivity contribution in [3.05, 3.63) is 42.0 Å². The van der Waals surface area contributed by atoms with Crippen molar-refractivity contribution >= 4 is 21.9 Å². The summed E-state index contributed by atoms with van der Waals surface area (Å²) in [6.07, 6.45) is 2.77. The Morgan fingerprint density at radius 1 is 1.11 bits per heavy atom. The average molecular weight is 394 g/mol. The largest absolute Gasteiger partial charge is 0.452 e. The van der Waals surface area contributed by atoms with Gasteiger partial charge in [0.25, 0.3) is 5.91 Å². The highest BCUT2D eigenvalue weighted by Gasteiger charge is 2.30. The van der Waals surface area contributed by atoms with Gasteiger partial charge < -0.3 is 9.64 Å². The molecule has 0 unspecified atom stereocenters. The van der Waals surface area contributed by atoms with Crippen LogP contribution in [-0.4, -0.2) is 62.3 Å². The van der Waals surface area contributed by atoms with E-state index in [0.717, 1.165) is 5.56 Å². The number of sulfonamides is 1. The molecule has 0 N–H and O–H groups in total. The van der Waals surface area contributed by atoms with Crippen LogP contribution in [0.2, 0.25) is 0 Å². The molecule has 1 aromatic carbocycles. The normalized spacial score (nSPS) is 16.1. The number of allylic oxidation sites excluding steroid dienone is 1. The molecule has 0 saturated carbocycles. The summed E-state index contributed by atoms with van der Waals surface area (Å²) < 4.78 is 31.8. The molecule has 1 aliphatic rings. The van der Waals surface area contributed by atoms with Crippen LogP contribution in [0.5, 0.6) is 0 Å². The van der Waals surface area contributed by atoms with Crippen LogP contribution in [0.25, 0.3) is 0 Å². The third kappa shape index (κ3) is 5.40. The van der Waals surface area contributed by atoms with Crippen LogP contribution in [0.15, 0.2) is 41.3 Å². The quantitative estimate of drug-likeness (QED) is 0.542. The van der Waals surface area contributed by atoms with Gasteiger partial charge in [-0.1, -0.05) is 32.1 Å². The first-order valence-corrected chi connectivity index (χ1v) is 10.4. The third-order valence-electron chi connectivity index (χ3n) is 4.42. The van der Waals surface area contributed by atoms with Crippen molar-refractivity contribution in [2.24, 2.45) is 0 Å². The third-order valence-corrected chi connectivity index (χ3v) is 6.33. The number of hydrogen-bond donors (Lipinski definition) is 0. The van der Waals surface area contributed by atoms with Crippen molar-refractivity contribution in [3.63, 3.8) is 0 Å². The summed E-state index contributed by atoms with van der Waals surface area (Å²) >= 11 is 0. The Balaban J connectivity index is 1.93. The van der Waals surface area contributed by atoms with Gasteiger partial charge in [0.15, 0.2) is 6.61 Å². The molecule has 2 rings (SSSR count). The second-order valence-electron chi connectivity index (χ2n) is 6.62. The monoisotopic (exact) mass is 394 g/mol. The molecular weight excluding hydrogens is 368 g/mol. The van der Waals surface area contributed by atoms with Gasteiger partial charge in [0.05, 0.1) is 4.90 Å². The van der Waals surface area contributed by atoms with E-state index in [2.05, 4.69) is 13.8 Å². The van der Waals surface area contributed by atoms with Gasteiger partial charge in [-0.2, -0.15) is 4.31 Å². The van der Waals surface area contributed by atoms with Gasteiger partial charge in [0.2, 0.25) is 10.0 Å². The second-order valence-corrected chi connectivity index (χ2v) is 8.55. The van der Waals surface area contributed by atoms with E-state index >= 15 is 0 Å². The molecule has 1 heterocycles. The van der Waals surface area contributed by atoms with E-state index in [1.54, 1.807) is 19.1 Å². The molecule has 0 aliphatic carbocycles. The van der Waals surface area contributed by atoms with Crippen molar-refractivity contribution in [1.82, 2.24) is 9.21 Å². The minimum absolute atomic E-state index is 0.211. The van der Waals surface area contributed by atoms with E-state index in [4.69, 9.17) is 4.74 Å². The predicted octanol–water partition coefficient (Wildman–Crippen LogP) is 1.76. The predicted molar refractivity (Wildman–Crippen MR) is 102 cm³/mol. The van der Waals surface area contributed by atoms with Gasteiger partial charge in [-0.15, -0.1) is 0 Å². The summed E-state index contributed by atoms with van der Waals surface area (Å²) in [5.41, 5.74) is 1.08. The maximum Gasteiger partial charge on any atom is 0.330 e. The van der Waals surface area contributed by atoms with E-state index in [0.29, 0.717) is 5.92 Å². The summed E-state index contributed by atoms with van der Waals surface area (Å²) in [5.74, 6) is -0.568. The lowest BCUT2D eigenvalue weighted by Crippen LogP contribution is -2.51. The van der Waals surface area contributed by atoms with Crippen LogP contribution in [0.1, 0.15) is 32.3 Å². The van der Waals surface area contributed by atoms with E-state index in [1.165, 1.54) is 21.4 Å². The molecule has 0 bridgehead atoms. The van der Waals surface area contributed by atoms with Crippen LogP contribution in [0.3, 0.4) is 0 Å². The number of benzene rings is 1. The zero-order valence-corrected chi connectivity index (χ0v) is 16.7. The number of esters is 1. The second kappa shape index (κ2) is 9.14. The van der Waals surface area contributed by atoms with Crippen LogP contribution in [0, 0.1) is 0 Å². The Bertz CT molecular complexity index is 792. The first-order chi connectivity index (χ1) is 12.8. The first-order valence-electron chi connectivity index (χ1n) is 8.93. The molecule has 1 saturated heterocycles. The fourth-order valence-electron chi connectivity index (χ4n) is 2.76. The maximum absolute atomic E-state index is 12.8. The number of piperazine rings is 1. The molecule has 1 aliphatic heterocycles. The number of carbonyl (C=O) groups excluding carboxylic acids is 2. The number of amides is 1. The highest BCUT2D eigenvalue weighted by atomic mass is 32.2. The van der Waals surface area contributed by atoms with Crippen molar-refractivity contribution in [2.45, 2.75) is 31.6 Å². The molecule has 0 spiro atoms. The van der Waals surface area contributed by atoms with E-state index in [1.807, 2.05) is 12.1 Å². The van der Waals surface area contributed by atoms with Crippen molar-refractivity contribution in [3.8, 4) is 0 Å². The average Bonchev–Trinajstić information content (AvgIpc) is 2.66. The zero-order valence-electron chi connectivity index (χ0n) is 15.9. The highest BCUT2D eigenvalue weighted by Crippen LogP contribution is 2.21. The first kappa shape index (κ1) is 21.1. The van der Waals surface area contributed by atoms with Gasteiger partial charge in [0.1, 0.15) is 0 Å². The van der Waals surface area contributed by atoms with Crippen LogP contribution in [0.4, 0.5) is 0 Å². The molecule has 1 fully saturated rings. The lowest BCUT2D eigenvalue weighted by molar-refractivity contribution is -0.148. The fraction of sp³-hybridized carbons (Fsp3) is 0.474. The lowest BCUT2D eigenvalue weighted by Gasteiger charge is -2.33. The summed E-state index contributed by atoms with van der Waals surface area (Å²) in [6.45, 7) is 6.40. The smallest absolute Gasteiger partial charge is 0.330 e. The topological polar surface area (TPSA) is 84.0 Å². The van der Waals surface area contributed by atoms with E-state index in [9.17, 15) is 18.0 Å². The molecule has 1 aromatic rings. The summed E-state index contributed by atoms with van der Waals surface area (Å²) in [4.78, 5) is 25.1. The molecule has 0 radical (unpaired) electrons. The van der Waals surface area contributed by atoms with Gasteiger partial charge in [-0.25, -0.2) is 13.2 Å². The Kier molecular flexibility index (Phi) is 7.15. The summed E-state index contributed by atoms with van der Waals surface area (Å²) in [6, 6.07) is 6.92. The van der Waals surface area contributed by atoms with E-state index < -0.39 is 16.0 Å². The summed E-state index contributed by atoms with van der Waals surface area (Å²) in [5, 5.41) is 0. The maximum atomic E-state index is 12.8. The molecule has 7 nitrogen and oxygen atoms in total. The number of ether oxygens (including phenoxy) is 1. The standard InChI is InChI=1S/C19H26N2O5S/c1-4-5-19(23)26-14-18(22)20-10-12-21(13-11-20)27(24,25)17-8-6-16(7-9-17)15(2)3/h4-9,15H,10-14H2,1-3H3/b5-4+. The van der Waals surface area contributed by atoms with Crippen molar-refractivity contribution < 1.29 is 22.7 Å². The van der Waals surface area contributed by atoms with Crippen LogP contribution in [-0.2, 0) is 24.3 Å². The number of hydrogen-bond acceptors (Lipinski definition) is 5. The number of carbonyl (C=O) groups is 2. The van der Waals surface area contributed by atoms with Gasteiger partial charge in [0, 0.05) is 32.3 Å². The van der Waals surface area contributed by atoms with Crippen molar-refractivity contribution in [1.29, 1.82) is 0 Å². The molecule has 8 heteroatoms. The van der Waals surface area contributed by atoms with Gasteiger partial charge in [-0.05, 0) is 30.5 Å². The van der Waals surface area contributed by atoms with Gasteiger partial charge in [-0.3, -0.25) is 4.79 Å². The van der Waals surface area contributed by atoms with Crippen LogP contribution >= 0.6 is 0 Å². The Hall–Kier alpha value is -2.19. The molecule has 1 amide bonds. The zero-order chi connectivity index (χ0) is 20.0. The van der Waals surface area contributed by atoms with Crippen molar-refractivity contribution in [2.75, 3.05) is 32.8 Å². The van der Waals surface area contributed by atoms with Crippen LogP contribution < -0.4 is 0 Å². The minimum Gasteiger partial charge on any atom is -0.452 e. The highest BCUT2D eigenvalue weighted by molar-refractivity contribution is 7.89. The van der Waals surface area contributed by atoms with E-state index in [-0.39, 0.29) is 43.6 Å². The Labute approximate surface area is 160 Å². The molecule has 0 aromatic heterocycles. The minimum atomic E-state index is -3.59. The number of rotatable bonds is 6. The molecular formula is C19H26N2O5S. The molecule has 27 heavy (non-hydrogen) atoms. The molecule has 148 valence electrons. The SMILES string of the molecule is C/C=C/C(=O)OCC(=O)N1CCN(S(=O)(=O)c2ccc(C(C)C)cc2)CC1. The Morgan fingerprint density at radius 2 is 1.70 bits per heavy atom. The number of nitrogens with zero attached hydrogens (tertiary/aromatic N) is 2. The Morgan fingerprint density at radius 3 is 2.22 bits per heavy atom. The fourth-order valence-corrected chi connectivity index (χ4v) is 4.18. The lowest BCUT2D eigenvalue weighted by atomic mass is 10.0. The van der Waals surface area contributed by atoms with Gasteiger partial charge >= 0.3 is 5.97 Å². The molecule has 0 atom stereocenters.